The summed E-state index contributed by atoms with van der Waals surface area (Å²) < 4.78 is 11.0. The largest absolute Gasteiger partial charge is 0.454 e. The molecule has 0 spiro atoms. The summed E-state index contributed by atoms with van der Waals surface area (Å²) in [6.45, 7) is 0.249. The summed E-state index contributed by atoms with van der Waals surface area (Å²) in [5.41, 5.74) is 5.43. The number of ether oxygens (including phenoxy) is 2. The third-order valence-electron chi connectivity index (χ3n) is 6.01. The second-order valence-corrected chi connectivity index (χ2v) is 7.57. The average molecular weight is 369 g/mol. The van der Waals surface area contributed by atoms with E-state index >= 15 is 0 Å². The number of carbonyl (C=O) groups is 1. The Morgan fingerprint density at radius 2 is 1.82 bits per heavy atom. The van der Waals surface area contributed by atoms with Gasteiger partial charge in [0, 0.05) is 23.2 Å². The van der Waals surface area contributed by atoms with Crippen LogP contribution >= 0.6 is 0 Å². The lowest BCUT2D eigenvalue weighted by atomic mass is 9.77. The number of Topliss-reactive ketones (excluding diaryl/α,β-unsaturated/α-hetero) is 1. The van der Waals surface area contributed by atoms with Crippen LogP contribution in [0.5, 0.6) is 11.5 Å². The highest BCUT2D eigenvalue weighted by atomic mass is 16.7. The Morgan fingerprint density at radius 3 is 2.79 bits per heavy atom. The van der Waals surface area contributed by atoms with E-state index in [1.807, 2.05) is 18.2 Å². The highest BCUT2D eigenvalue weighted by molar-refractivity contribution is 6.12. The summed E-state index contributed by atoms with van der Waals surface area (Å²) in [6, 6.07) is 18.5. The second kappa shape index (κ2) is 5.86. The minimum absolute atomic E-state index is 0.161. The lowest BCUT2D eigenvalue weighted by molar-refractivity contribution is -0.116. The molecule has 0 radical (unpaired) electrons. The fourth-order valence-corrected chi connectivity index (χ4v) is 4.75. The van der Waals surface area contributed by atoms with Gasteiger partial charge in [-0.1, -0.05) is 36.4 Å². The summed E-state index contributed by atoms with van der Waals surface area (Å²) in [6.07, 6.45) is 2.46. The topological polar surface area (TPSA) is 47.6 Å². The quantitative estimate of drug-likeness (QED) is 0.637. The zero-order chi connectivity index (χ0) is 18.7. The van der Waals surface area contributed by atoms with Crippen LogP contribution < -0.4 is 14.8 Å². The van der Waals surface area contributed by atoms with Crippen LogP contribution in [0.2, 0.25) is 0 Å². The van der Waals surface area contributed by atoms with Crippen molar-refractivity contribution in [3.63, 3.8) is 0 Å². The minimum Gasteiger partial charge on any atom is -0.454 e. The van der Waals surface area contributed by atoms with Gasteiger partial charge in [-0.3, -0.25) is 4.79 Å². The number of nitrogens with one attached hydrogen (secondary N) is 1. The Morgan fingerprint density at radius 1 is 0.929 bits per heavy atom. The Kier molecular flexibility index (Phi) is 3.30. The van der Waals surface area contributed by atoms with Crippen molar-refractivity contribution in [2.75, 3.05) is 12.1 Å². The number of allylic oxidation sites excluding steroid dienone is 1. The van der Waals surface area contributed by atoms with Crippen LogP contribution in [0.3, 0.4) is 0 Å². The van der Waals surface area contributed by atoms with Crippen LogP contribution in [-0.4, -0.2) is 12.6 Å². The van der Waals surface area contributed by atoms with Crippen LogP contribution in [0.25, 0.3) is 16.3 Å². The van der Waals surface area contributed by atoms with Crippen molar-refractivity contribution < 1.29 is 14.3 Å². The summed E-state index contributed by atoms with van der Waals surface area (Å²) in [4.78, 5) is 13.0. The molecule has 0 saturated heterocycles. The van der Waals surface area contributed by atoms with Gasteiger partial charge in [-0.15, -0.1) is 0 Å². The molecule has 1 atom stereocenters. The van der Waals surface area contributed by atoms with E-state index in [0.717, 1.165) is 41.2 Å². The lowest BCUT2D eigenvalue weighted by Gasteiger charge is -2.35. The number of ketones is 1. The molecule has 1 aliphatic carbocycles. The Balaban J connectivity index is 1.59. The van der Waals surface area contributed by atoms with Gasteiger partial charge in [0.25, 0.3) is 0 Å². The number of carbonyl (C=O) groups excluding carboxylic acids is 1. The summed E-state index contributed by atoms with van der Waals surface area (Å²) in [5.74, 6) is 1.75. The molecule has 4 nitrogen and oxygen atoms in total. The predicted octanol–water partition coefficient (Wildman–Crippen LogP) is 5.24. The standard InChI is InChI=1S/C24H19NO3/c26-19-7-3-6-17-22-16-5-2-1-4-14(16)8-10-18(22)25-24(23(17)19)15-9-11-20-21(12-15)28-13-27-20/h1-2,4-5,8-12,24-25H,3,6-7,13H2/t24-/m0/s1. The number of hydrogen-bond acceptors (Lipinski definition) is 4. The van der Waals surface area contributed by atoms with Crippen molar-refractivity contribution in [1.29, 1.82) is 0 Å². The van der Waals surface area contributed by atoms with Crippen LogP contribution in [-0.2, 0) is 4.79 Å². The van der Waals surface area contributed by atoms with Crippen molar-refractivity contribution in [3.8, 4) is 11.5 Å². The molecule has 1 N–H and O–H groups in total. The molecule has 2 heterocycles. The highest BCUT2D eigenvalue weighted by Crippen LogP contribution is 2.48. The molecule has 6 rings (SSSR count). The average Bonchev–Trinajstić information content (AvgIpc) is 3.21. The first kappa shape index (κ1) is 15.8. The Bertz CT molecular complexity index is 1180. The molecule has 4 heteroatoms. The van der Waals surface area contributed by atoms with Crippen molar-refractivity contribution in [2.45, 2.75) is 25.3 Å². The van der Waals surface area contributed by atoms with Crippen LogP contribution in [0, 0.1) is 0 Å². The molecular formula is C24H19NO3. The molecule has 3 aromatic rings. The first-order valence-corrected chi connectivity index (χ1v) is 9.74. The lowest BCUT2D eigenvalue weighted by Crippen LogP contribution is -2.27. The van der Waals surface area contributed by atoms with Gasteiger partial charge in [0.15, 0.2) is 17.3 Å². The number of benzene rings is 3. The first-order chi connectivity index (χ1) is 13.8. The number of rotatable bonds is 1. The zero-order valence-electron chi connectivity index (χ0n) is 15.3. The smallest absolute Gasteiger partial charge is 0.231 e. The summed E-state index contributed by atoms with van der Waals surface area (Å²) in [7, 11) is 0. The number of fused-ring (bicyclic) bond motifs is 5. The van der Waals surface area contributed by atoms with E-state index in [-0.39, 0.29) is 18.6 Å². The van der Waals surface area contributed by atoms with Gasteiger partial charge in [0.2, 0.25) is 6.79 Å². The fraction of sp³-hybridized carbons (Fsp3) is 0.208. The van der Waals surface area contributed by atoms with Crippen molar-refractivity contribution in [3.05, 3.63) is 71.3 Å². The summed E-state index contributed by atoms with van der Waals surface area (Å²) >= 11 is 0. The third-order valence-corrected chi connectivity index (χ3v) is 6.01. The monoisotopic (exact) mass is 369 g/mol. The van der Waals surface area contributed by atoms with Crippen LogP contribution in [0.1, 0.15) is 36.4 Å². The fourth-order valence-electron chi connectivity index (χ4n) is 4.75. The first-order valence-electron chi connectivity index (χ1n) is 9.74. The number of hydrogen-bond donors (Lipinski definition) is 1. The van der Waals surface area contributed by atoms with Crippen molar-refractivity contribution >= 4 is 27.8 Å². The highest BCUT2D eigenvalue weighted by Gasteiger charge is 2.35. The van der Waals surface area contributed by atoms with Gasteiger partial charge in [0.1, 0.15) is 0 Å². The molecule has 3 aromatic carbocycles. The van der Waals surface area contributed by atoms with E-state index < -0.39 is 0 Å². The Labute approximate surface area is 162 Å². The van der Waals surface area contributed by atoms with E-state index in [1.54, 1.807) is 0 Å². The Hall–Kier alpha value is -3.27. The van der Waals surface area contributed by atoms with Gasteiger partial charge < -0.3 is 14.8 Å². The second-order valence-electron chi connectivity index (χ2n) is 7.57. The molecule has 0 aromatic heterocycles. The van der Waals surface area contributed by atoms with Crippen molar-refractivity contribution in [1.82, 2.24) is 0 Å². The number of anilines is 1. The van der Waals surface area contributed by atoms with E-state index in [9.17, 15) is 4.79 Å². The molecule has 2 aliphatic heterocycles. The van der Waals surface area contributed by atoms with E-state index in [4.69, 9.17) is 9.47 Å². The van der Waals surface area contributed by atoms with Crippen LogP contribution in [0.4, 0.5) is 5.69 Å². The minimum atomic E-state index is -0.161. The van der Waals surface area contributed by atoms with Gasteiger partial charge in [0.05, 0.1) is 6.04 Å². The molecule has 3 aliphatic rings. The third kappa shape index (κ3) is 2.21. The predicted molar refractivity (Wildman–Crippen MR) is 109 cm³/mol. The molecule has 0 bridgehead atoms. The summed E-state index contributed by atoms with van der Waals surface area (Å²) in [5, 5.41) is 6.06. The molecule has 138 valence electrons. The SMILES string of the molecule is O=C1CCCC2=C1[C@H](c1ccc3c(c1)OCO3)Nc1ccc3ccccc3c12. The maximum atomic E-state index is 13.0. The maximum Gasteiger partial charge on any atom is 0.231 e. The van der Waals surface area contributed by atoms with Gasteiger partial charge in [-0.25, -0.2) is 0 Å². The van der Waals surface area contributed by atoms with E-state index in [1.165, 1.54) is 21.9 Å². The molecule has 0 unspecified atom stereocenters. The zero-order valence-corrected chi connectivity index (χ0v) is 15.3. The van der Waals surface area contributed by atoms with E-state index in [2.05, 4.69) is 41.7 Å². The molecular weight excluding hydrogens is 350 g/mol. The van der Waals surface area contributed by atoms with Crippen molar-refractivity contribution in [2.24, 2.45) is 0 Å². The van der Waals surface area contributed by atoms with E-state index in [0.29, 0.717) is 6.42 Å². The van der Waals surface area contributed by atoms with Gasteiger partial charge in [-0.2, -0.15) is 0 Å². The van der Waals surface area contributed by atoms with Gasteiger partial charge in [-0.05, 0) is 52.9 Å². The van der Waals surface area contributed by atoms with Gasteiger partial charge >= 0.3 is 0 Å². The normalized spacial score (nSPS) is 20.0. The maximum absolute atomic E-state index is 13.0. The molecule has 0 amide bonds. The van der Waals surface area contributed by atoms with Crippen LogP contribution in [0.15, 0.2) is 60.2 Å². The molecule has 0 saturated carbocycles. The molecule has 28 heavy (non-hydrogen) atoms. The molecule has 0 fully saturated rings.